The van der Waals surface area contributed by atoms with Crippen LogP contribution in [0.4, 0.5) is 0 Å². The summed E-state index contributed by atoms with van der Waals surface area (Å²) in [5.41, 5.74) is 8.25. The Kier molecular flexibility index (Phi) is 4.99. The number of rotatable bonds is 6. The van der Waals surface area contributed by atoms with Gasteiger partial charge >= 0.3 is 5.97 Å². The first-order valence-electron chi connectivity index (χ1n) is 5.67. The molecule has 0 aromatic heterocycles. The van der Waals surface area contributed by atoms with Crippen LogP contribution in [0.2, 0.25) is 0 Å². The van der Waals surface area contributed by atoms with Crippen molar-refractivity contribution < 1.29 is 9.90 Å². The molecule has 0 bridgehead atoms. The van der Waals surface area contributed by atoms with Crippen molar-refractivity contribution in [1.29, 1.82) is 0 Å². The average molecular weight is 221 g/mol. The lowest BCUT2D eigenvalue weighted by Gasteiger charge is -2.12. The molecule has 0 saturated heterocycles. The van der Waals surface area contributed by atoms with Crippen LogP contribution in [0.3, 0.4) is 0 Å². The Balaban J connectivity index is 2.68. The first-order valence-corrected chi connectivity index (χ1v) is 5.67. The molecule has 0 unspecified atom stereocenters. The van der Waals surface area contributed by atoms with Crippen LogP contribution < -0.4 is 5.73 Å². The topological polar surface area (TPSA) is 63.3 Å². The van der Waals surface area contributed by atoms with Crippen LogP contribution in [-0.4, -0.2) is 17.1 Å². The number of benzene rings is 1. The minimum atomic E-state index is -0.833. The van der Waals surface area contributed by atoms with Crippen molar-refractivity contribution in [2.24, 2.45) is 5.73 Å². The van der Waals surface area contributed by atoms with Gasteiger partial charge < -0.3 is 10.8 Å². The summed E-state index contributed by atoms with van der Waals surface area (Å²) in [6.45, 7) is 2.13. The zero-order valence-electron chi connectivity index (χ0n) is 9.65. The van der Waals surface area contributed by atoms with E-state index >= 15 is 0 Å². The van der Waals surface area contributed by atoms with Gasteiger partial charge in [-0.3, -0.25) is 4.79 Å². The Hall–Kier alpha value is -1.35. The van der Waals surface area contributed by atoms with E-state index in [2.05, 4.69) is 13.0 Å². The molecule has 1 rings (SSSR count). The molecule has 16 heavy (non-hydrogen) atoms. The van der Waals surface area contributed by atoms with Crippen LogP contribution >= 0.6 is 0 Å². The summed E-state index contributed by atoms with van der Waals surface area (Å²) in [6.07, 6.45) is 2.78. The molecule has 3 N–H and O–H groups in total. The van der Waals surface area contributed by atoms with E-state index in [4.69, 9.17) is 10.8 Å². The number of aliphatic carboxylic acids is 1. The molecule has 0 aliphatic rings. The van der Waals surface area contributed by atoms with Crippen LogP contribution in [0.1, 0.15) is 30.9 Å². The highest BCUT2D eigenvalue weighted by atomic mass is 16.4. The smallest absolute Gasteiger partial charge is 0.304 e. The second kappa shape index (κ2) is 6.28. The van der Waals surface area contributed by atoms with Crippen molar-refractivity contribution in [3.63, 3.8) is 0 Å². The third-order valence-corrected chi connectivity index (χ3v) is 2.56. The van der Waals surface area contributed by atoms with Gasteiger partial charge in [-0.1, -0.05) is 37.6 Å². The Morgan fingerprint density at radius 1 is 1.38 bits per heavy atom. The third-order valence-electron chi connectivity index (χ3n) is 2.56. The lowest BCUT2D eigenvalue weighted by molar-refractivity contribution is -0.137. The van der Waals surface area contributed by atoms with Gasteiger partial charge in [0.15, 0.2) is 0 Å². The fourth-order valence-electron chi connectivity index (χ4n) is 1.85. The molecule has 0 fully saturated rings. The molecule has 3 nitrogen and oxygen atoms in total. The van der Waals surface area contributed by atoms with Crippen molar-refractivity contribution in [3.05, 3.63) is 35.4 Å². The van der Waals surface area contributed by atoms with E-state index in [0.717, 1.165) is 12.8 Å². The first-order chi connectivity index (χ1) is 7.63. The molecule has 1 atom stereocenters. The number of nitrogens with two attached hydrogens (primary N) is 1. The van der Waals surface area contributed by atoms with Crippen molar-refractivity contribution in [3.8, 4) is 0 Å². The number of carbonyl (C=O) groups is 1. The largest absolute Gasteiger partial charge is 0.481 e. The zero-order valence-corrected chi connectivity index (χ0v) is 9.65. The Labute approximate surface area is 96.3 Å². The number of hydrogen-bond donors (Lipinski definition) is 2. The summed E-state index contributed by atoms with van der Waals surface area (Å²) in [5, 5.41) is 8.65. The summed E-state index contributed by atoms with van der Waals surface area (Å²) < 4.78 is 0. The van der Waals surface area contributed by atoms with Gasteiger partial charge in [0.05, 0.1) is 6.42 Å². The molecular weight excluding hydrogens is 202 g/mol. The molecule has 0 heterocycles. The van der Waals surface area contributed by atoms with Crippen LogP contribution in [0, 0.1) is 0 Å². The quantitative estimate of drug-likeness (QED) is 0.772. The normalized spacial score (nSPS) is 12.4. The highest BCUT2D eigenvalue weighted by molar-refractivity contribution is 5.67. The molecular formula is C13H19NO2. The van der Waals surface area contributed by atoms with Crippen LogP contribution in [0.15, 0.2) is 24.3 Å². The average Bonchev–Trinajstić information content (AvgIpc) is 2.20. The Bertz CT molecular complexity index is 350. The number of carboxylic acid groups (broad SMARTS) is 1. The summed E-state index contributed by atoms with van der Waals surface area (Å²) in [7, 11) is 0. The van der Waals surface area contributed by atoms with E-state index in [0.29, 0.717) is 6.42 Å². The van der Waals surface area contributed by atoms with Crippen molar-refractivity contribution in [1.82, 2.24) is 0 Å². The summed E-state index contributed by atoms with van der Waals surface area (Å²) >= 11 is 0. The maximum Gasteiger partial charge on any atom is 0.304 e. The van der Waals surface area contributed by atoms with Crippen molar-refractivity contribution in [2.45, 2.75) is 38.6 Å². The van der Waals surface area contributed by atoms with E-state index in [1.165, 1.54) is 11.1 Å². The molecule has 0 aliphatic heterocycles. The maximum atomic E-state index is 10.5. The monoisotopic (exact) mass is 221 g/mol. The van der Waals surface area contributed by atoms with E-state index in [1.54, 1.807) is 0 Å². The Morgan fingerprint density at radius 3 is 2.56 bits per heavy atom. The molecule has 1 aromatic carbocycles. The number of aryl methyl sites for hydroxylation is 1. The minimum Gasteiger partial charge on any atom is -0.481 e. The van der Waals surface area contributed by atoms with Crippen molar-refractivity contribution >= 4 is 5.97 Å². The predicted molar refractivity (Wildman–Crippen MR) is 64.4 cm³/mol. The van der Waals surface area contributed by atoms with Gasteiger partial charge in [-0.2, -0.15) is 0 Å². The van der Waals surface area contributed by atoms with Crippen LogP contribution in [-0.2, 0) is 17.6 Å². The second-order valence-electron chi connectivity index (χ2n) is 4.08. The minimum absolute atomic E-state index is 0.0282. The SMILES string of the molecule is CCCc1ccccc1C[C@@H](N)CC(=O)O. The fourth-order valence-corrected chi connectivity index (χ4v) is 1.85. The predicted octanol–water partition coefficient (Wildman–Crippen LogP) is 1.98. The number of hydrogen-bond acceptors (Lipinski definition) is 2. The van der Waals surface area contributed by atoms with E-state index in [-0.39, 0.29) is 12.5 Å². The molecule has 1 aromatic rings. The van der Waals surface area contributed by atoms with Gasteiger partial charge in [0.2, 0.25) is 0 Å². The molecule has 0 spiro atoms. The fraction of sp³-hybridized carbons (Fsp3) is 0.462. The van der Waals surface area contributed by atoms with Gasteiger partial charge in [0.1, 0.15) is 0 Å². The molecule has 0 saturated carbocycles. The standard InChI is InChI=1S/C13H19NO2/c1-2-5-10-6-3-4-7-11(10)8-12(14)9-13(15)16/h3-4,6-7,12H,2,5,8-9,14H2,1H3,(H,15,16)/t12-/m1/s1. The van der Waals surface area contributed by atoms with Crippen molar-refractivity contribution in [2.75, 3.05) is 0 Å². The van der Waals surface area contributed by atoms with Crippen LogP contribution in [0.25, 0.3) is 0 Å². The van der Waals surface area contributed by atoms with Gasteiger partial charge in [0, 0.05) is 6.04 Å². The lowest BCUT2D eigenvalue weighted by Crippen LogP contribution is -2.26. The third kappa shape index (κ3) is 4.03. The summed E-state index contributed by atoms with van der Waals surface area (Å²) in [6, 6.07) is 7.81. The zero-order chi connectivity index (χ0) is 12.0. The van der Waals surface area contributed by atoms with E-state index in [1.807, 2.05) is 18.2 Å². The summed E-state index contributed by atoms with van der Waals surface area (Å²) in [4.78, 5) is 10.5. The maximum absolute atomic E-state index is 10.5. The summed E-state index contributed by atoms with van der Waals surface area (Å²) in [5.74, 6) is -0.833. The lowest BCUT2D eigenvalue weighted by atomic mass is 9.96. The molecule has 0 aliphatic carbocycles. The van der Waals surface area contributed by atoms with Gasteiger partial charge in [-0.25, -0.2) is 0 Å². The molecule has 3 heteroatoms. The molecule has 88 valence electrons. The first kappa shape index (κ1) is 12.7. The van der Waals surface area contributed by atoms with E-state index < -0.39 is 5.97 Å². The number of carboxylic acids is 1. The highest BCUT2D eigenvalue weighted by Gasteiger charge is 2.10. The van der Waals surface area contributed by atoms with Crippen LogP contribution in [0.5, 0.6) is 0 Å². The van der Waals surface area contributed by atoms with E-state index in [9.17, 15) is 4.79 Å². The van der Waals surface area contributed by atoms with Gasteiger partial charge in [-0.05, 0) is 24.0 Å². The van der Waals surface area contributed by atoms with Gasteiger partial charge in [-0.15, -0.1) is 0 Å². The second-order valence-corrected chi connectivity index (χ2v) is 4.08. The molecule has 0 radical (unpaired) electrons. The van der Waals surface area contributed by atoms with Gasteiger partial charge in [0.25, 0.3) is 0 Å². The Morgan fingerprint density at radius 2 is 2.00 bits per heavy atom. The highest BCUT2D eigenvalue weighted by Crippen LogP contribution is 2.13. The molecule has 0 amide bonds.